The summed E-state index contributed by atoms with van der Waals surface area (Å²) < 4.78 is 3.76. The number of nitrogens with one attached hydrogen (secondary N) is 1. The molecule has 0 saturated carbocycles. The number of halogens is 2. The molecule has 1 aromatic carbocycles. The number of hydrogen-bond acceptors (Lipinski definition) is 5. The quantitative estimate of drug-likeness (QED) is 0.448. The molecule has 0 aliphatic rings. The molecule has 3 aromatic rings. The molecule has 0 bridgehead atoms. The van der Waals surface area contributed by atoms with Crippen molar-refractivity contribution in [1.29, 1.82) is 0 Å². The minimum atomic E-state index is -0.132. The Balaban J connectivity index is 1.78. The summed E-state index contributed by atoms with van der Waals surface area (Å²) in [6.45, 7) is 8.94. The third-order valence-corrected chi connectivity index (χ3v) is 5.71. The summed E-state index contributed by atoms with van der Waals surface area (Å²) in [6, 6.07) is 7.23. The topological polar surface area (TPSA) is 77.6 Å². The normalized spacial score (nSPS) is 11.5. The fourth-order valence-corrected chi connectivity index (χ4v) is 4.17. The fraction of sp³-hybridized carbons (Fsp3) is 0.400. The van der Waals surface area contributed by atoms with Crippen molar-refractivity contribution in [2.75, 3.05) is 11.1 Å². The summed E-state index contributed by atoms with van der Waals surface area (Å²) in [5.41, 5.74) is 0.756. The number of amides is 1. The zero-order valence-electron chi connectivity index (χ0n) is 17.3. The molecule has 0 aliphatic carbocycles. The largest absolute Gasteiger partial charge is 0.310 e. The van der Waals surface area contributed by atoms with Crippen LogP contribution >= 0.6 is 35.0 Å². The van der Waals surface area contributed by atoms with Crippen molar-refractivity contribution in [2.45, 2.75) is 45.4 Å². The molecule has 0 atom stereocenters. The van der Waals surface area contributed by atoms with E-state index in [1.54, 1.807) is 29.1 Å². The van der Waals surface area contributed by atoms with Gasteiger partial charge in [0.05, 0.1) is 17.0 Å². The maximum Gasteiger partial charge on any atom is 0.235 e. The number of anilines is 1. The number of aromatic nitrogens is 5. The Hall–Kier alpha value is -2.03. The van der Waals surface area contributed by atoms with E-state index in [0.717, 1.165) is 5.56 Å². The zero-order chi connectivity index (χ0) is 21.8. The summed E-state index contributed by atoms with van der Waals surface area (Å²) in [6.07, 6.45) is 1.67. The van der Waals surface area contributed by atoms with Gasteiger partial charge in [-0.1, -0.05) is 48.8 Å². The second-order valence-electron chi connectivity index (χ2n) is 7.53. The maximum atomic E-state index is 12.5. The lowest BCUT2D eigenvalue weighted by atomic mass is 10.2. The van der Waals surface area contributed by atoms with E-state index in [1.807, 2.05) is 24.5 Å². The summed E-state index contributed by atoms with van der Waals surface area (Å²) in [4.78, 5) is 12.5. The molecule has 0 radical (unpaired) electrons. The van der Waals surface area contributed by atoms with Crippen LogP contribution < -0.4 is 5.32 Å². The molecule has 2 aromatic heterocycles. The number of nitrogens with zero attached hydrogens (tertiary/aromatic N) is 5. The Labute approximate surface area is 190 Å². The molecular formula is C20H24Cl2N6OS. The third-order valence-electron chi connectivity index (χ3n) is 4.20. The summed E-state index contributed by atoms with van der Waals surface area (Å²) >= 11 is 13.7. The van der Waals surface area contributed by atoms with Crippen molar-refractivity contribution in [3.63, 3.8) is 0 Å². The maximum absolute atomic E-state index is 12.5. The molecule has 0 unspecified atom stereocenters. The molecule has 3 rings (SSSR count). The zero-order valence-corrected chi connectivity index (χ0v) is 19.6. The number of thioether (sulfide) groups is 1. The fourth-order valence-electron chi connectivity index (χ4n) is 2.93. The van der Waals surface area contributed by atoms with Gasteiger partial charge in [-0.25, -0.2) is 4.68 Å². The number of carbonyl (C=O) groups excluding carboxylic acids is 1. The number of hydrogen-bond donors (Lipinski definition) is 1. The van der Waals surface area contributed by atoms with Gasteiger partial charge in [-0.15, -0.1) is 10.2 Å². The number of carbonyl (C=O) groups is 1. The second-order valence-corrected chi connectivity index (χ2v) is 9.31. The van der Waals surface area contributed by atoms with Crippen molar-refractivity contribution in [3.05, 3.63) is 40.5 Å². The van der Waals surface area contributed by atoms with Crippen LogP contribution in [0.4, 0.5) is 5.82 Å². The van der Waals surface area contributed by atoms with Crippen molar-refractivity contribution in [2.24, 2.45) is 5.92 Å². The van der Waals surface area contributed by atoms with Gasteiger partial charge in [-0.2, -0.15) is 5.10 Å². The first-order valence-electron chi connectivity index (χ1n) is 9.61. The third kappa shape index (κ3) is 5.36. The first-order valence-corrected chi connectivity index (χ1v) is 11.3. The lowest BCUT2D eigenvalue weighted by molar-refractivity contribution is -0.113. The van der Waals surface area contributed by atoms with Crippen LogP contribution in [0.25, 0.3) is 11.4 Å². The monoisotopic (exact) mass is 466 g/mol. The molecule has 1 N–H and O–H groups in total. The Morgan fingerprint density at radius 2 is 1.93 bits per heavy atom. The number of rotatable bonds is 8. The standard InChI is InChI=1S/C20H24Cl2N6OS/c1-12(2)10-27-19(15-6-5-14(21)9-16(15)22)25-26-20(27)30-11-18(29)24-17-7-8-23-28(17)13(3)4/h5-9,12-13H,10-11H2,1-4H3,(H,24,29). The van der Waals surface area contributed by atoms with Crippen LogP contribution in [-0.2, 0) is 11.3 Å². The molecule has 10 heteroatoms. The highest BCUT2D eigenvalue weighted by Gasteiger charge is 2.19. The van der Waals surface area contributed by atoms with Gasteiger partial charge in [0.2, 0.25) is 5.91 Å². The van der Waals surface area contributed by atoms with E-state index in [1.165, 1.54) is 11.8 Å². The molecule has 1 amide bonds. The van der Waals surface area contributed by atoms with E-state index >= 15 is 0 Å². The Kier molecular flexibility index (Phi) is 7.44. The van der Waals surface area contributed by atoms with Gasteiger partial charge < -0.3 is 9.88 Å². The highest BCUT2D eigenvalue weighted by molar-refractivity contribution is 7.99. The van der Waals surface area contributed by atoms with E-state index in [4.69, 9.17) is 23.2 Å². The van der Waals surface area contributed by atoms with Crippen molar-refractivity contribution in [3.8, 4) is 11.4 Å². The van der Waals surface area contributed by atoms with Crippen LogP contribution in [0.2, 0.25) is 10.0 Å². The van der Waals surface area contributed by atoms with Gasteiger partial charge in [0.25, 0.3) is 0 Å². The minimum absolute atomic E-state index is 0.132. The Morgan fingerprint density at radius 3 is 2.60 bits per heavy atom. The lowest BCUT2D eigenvalue weighted by Gasteiger charge is -2.14. The summed E-state index contributed by atoms with van der Waals surface area (Å²) in [5, 5.41) is 17.5. The Morgan fingerprint density at radius 1 is 1.17 bits per heavy atom. The smallest absolute Gasteiger partial charge is 0.235 e. The summed E-state index contributed by atoms with van der Waals surface area (Å²) in [5.74, 6) is 1.76. The highest BCUT2D eigenvalue weighted by Crippen LogP contribution is 2.32. The van der Waals surface area contributed by atoms with Gasteiger partial charge in [-0.05, 0) is 38.0 Å². The van der Waals surface area contributed by atoms with Gasteiger partial charge in [0, 0.05) is 29.2 Å². The van der Waals surface area contributed by atoms with Crippen LogP contribution in [0.1, 0.15) is 33.7 Å². The van der Waals surface area contributed by atoms with Crippen molar-refractivity contribution >= 4 is 46.7 Å². The molecule has 0 aliphatic heterocycles. The molecule has 0 spiro atoms. The van der Waals surface area contributed by atoms with E-state index in [0.29, 0.717) is 39.3 Å². The molecule has 7 nitrogen and oxygen atoms in total. The van der Waals surface area contributed by atoms with E-state index in [-0.39, 0.29) is 17.7 Å². The van der Waals surface area contributed by atoms with Crippen LogP contribution in [0.15, 0.2) is 35.6 Å². The van der Waals surface area contributed by atoms with Gasteiger partial charge in [0.1, 0.15) is 5.82 Å². The SMILES string of the molecule is CC(C)Cn1c(SCC(=O)Nc2ccnn2C(C)C)nnc1-c1ccc(Cl)cc1Cl. The molecule has 160 valence electrons. The van der Waals surface area contributed by atoms with E-state index < -0.39 is 0 Å². The molecule has 0 fully saturated rings. The van der Waals surface area contributed by atoms with Crippen LogP contribution in [0.3, 0.4) is 0 Å². The van der Waals surface area contributed by atoms with Crippen molar-refractivity contribution < 1.29 is 4.79 Å². The first kappa shape index (κ1) is 22.7. The van der Waals surface area contributed by atoms with E-state index in [2.05, 4.69) is 34.5 Å². The predicted molar refractivity (Wildman–Crippen MR) is 122 cm³/mol. The summed E-state index contributed by atoms with van der Waals surface area (Å²) in [7, 11) is 0. The van der Waals surface area contributed by atoms with Gasteiger partial charge in [-0.3, -0.25) is 4.79 Å². The highest BCUT2D eigenvalue weighted by atomic mass is 35.5. The average Bonchev–Trinajstić information content (AvgIpc) is 3.27. The first-order chi connectivity index (χ1) is 14.3. The molecule has 0 saturated heterocycles. The second kappa shape index (κ2) is 9.85. The van der Waals surface area contributed by atoms with E-state index in [9.17, 15) is 4.79 Å². The van der Waals surface area contributed by atoms with Crippen molar-refractivity contribution in [1.82, 2.24) is 24.5 Å². The van der Waals surface area contributed by atoms with Gasteiger partial charge in [0.15, 0.2) is 11.0 Å². The molecule has 2 heterocycles. The molecule has 30 heavy (non-hydrogen) atoms. The van der Waals surface area contributed by atoms with Gasteiger partial charge >= 0.3 is 0 Å². The van der Waals surface area contributed by atoms with Crippen LogP contribution in [0.5, 0.6) is 0 Å². The lowest BCUT2D eigenvalue weighted by Crippen LogP contribution is -2.18. The number of benzene rings is 1. The predicted octanol–water partition coefficient (Wildman–Crippen LogP) is 5.42. The minimum Gasteiger partial charge on any atom is -0.310 e. The van der Waals surface area contributed by atoms with Crippen LogP contribution in [0, 0.1) is 5.92 Å². The Bertz CT molecular complexity index is 1030. The average molecular weight is 467 g/mol. The molecular weight excluding hydrogens is 443 g/mol. The van der Waals surface area contributed by atoms with Crippen LogP contribution in [-0.4, -0.2) is 36.2 Å².